The standard InChI is InChI=1S/C15H20BrNO3S/c1-17-8-3-2-4-11(17)7-9-21(20)12-5-6-14(16)13(10-12)15(18)19/h5-6,10-11H,2-4,7-9H2,1H3,(H,18,19). The molecule has 2 rings (SSSR count). The summed E-state index contributed by atoms with van der Waals surface area (Å²) in [6, 6.07) is 5.39. The molecule has 1 heterocycles. The molecule has 1 aromatic carbocycles. The van der Waals surface area contributed by atoms with Crippen LogP contribution in [0.25, 0.3) is 0 Å². The fourth-order valence-electron chi connectivity index (χ4n) is 2.68. The number of carbonyl (C=O) groups is 1. The Kier molecular flexibility index (Phi) is 5.96. The predicted molar refractivity (Wildman–Crippen MR) is 87.3 cm³/mol. The van der Waals surface area contributed by atoms with E-state index in [0.717, 1.165) is 19.4 Å². The van der Waals surface area contributed by atoms with Gasteiger partial charge in [0, 0.05) is 21.2 Å². The number of benzene rings is 1. The first kappa shape index (κ1) is 16.6. The highest BCUT2D eigenvalue weighted by Crippen LogP contribution is 2.22. The van der Waals surface area contributed by atoms with E-state index in [0.29, 0.717) is 21.2 Å². The predicted octanol–water partition coefficient (Wildman–Crippen LogP) is 3.13. The summed E-state index contributed by atoms with van der Waals surface area (Å²) < 4.78 is 12.9. The third-order valence-electron chi connectivity index (χ3n) is 3.99. The smallest absolute Gasteiger partial charge is 0.336 e. The van der Waals surface area contributed by atoms with E-state index in [9.17, 15) is 9.00 Å². The molecule has 0 saturated carbocycles. The molecule has 21 heavy (non-hydrogen) atoms. The molecule has 4 nitrogen and oxygen atoms in total. The summed E-state index contributed by atoms with van der Waals surface area (Å²) in [5.41, 5.74) is 0.163. The van der Waals surface area contributed by atoms with Crippen LogP contribution in [0, 0.1) is 0 Å². The Hall–Kier alpha value is -0.720. The molecule has 0 radical (unpaired) electrons. The lowest BCUT2D eigenvalue weighted by atomic mass is 10.0. The van der Waals surface area contributed by atoms with Gasteiger partial charge in [-0.25, -0.2) is 4.79 Å². The van der Waals surface area contributed by atoms with E-state index < -0.39 is 16.8 Å². The van der Waals surface area contributed by atoms with Gasteiger partial charge in [-0.05, 0) is 67.0 Å². The van der Waals surface area contributed by atoms with Crippen molar-refractivity contribution in [3.63, 3.8) is 0 Å². The van der Waals surface area contributed by atoms with E-state index >= 15 is 0 Å². The third-order valence-corrected chi connectivity index (χ3v) is 6.07. The molecular formula is C15H20BrNO3S. The van der Waals surface area contributed by atoms with Crippen LogP contribution in [-0.4, -0.2) is 45.6 Å². The Balaban J connectivity index is 2.00. The number of aromatic carboxylic acids is 1. The van der Waals surface area contributed by atoms with Crippen LogP contribution in [0.15, 0.2) is 27.6 Å². The second kappa shape index (κ2) is 7.51. The summed E-state index contributed by atoms with van der Waals surface area (Å²) in [7, 11) is 0.974. The average molecular weight is 374 g/mol. The normalized spacial score (nSPS) is 21.1. The minimum Gasteiger partial charge on any atom is -0.478 e. The number of nitrogens with zero attached hydrogens (tertiary/aromatic N) is 1. The van der Waals surface area contributed by atoms with Crippen molar-refractivity contribution in [3.05, 3.63) is 28.2 Å². The van der Waals surface area contributed by atoms with Gasteiger partial charge in [0.1, 0.15) is 0 Å². The van der Waals surface area contributed by atoms with E-state index in [-0.39, 0.29) is 5.56 Å². The molecule has 1 fully saturated rings. The third kappa shape index (κ3) is 4.37. The summed E-state index contributed by atoms with van der Waals surface area (Å²) >= 11 is 3.20. The molecule has 0 spiro atoms. The fourth-order valence-corrected chi connectivity index (χ4v) is 4.29. The topological polar surface area (TPSA) is 57.6 Å². The zero-order valence-electron chi connectivity index (χ0n) is 12.0. The van der Waals surface area contributed by atoms with Crippen molar-refractivity contribution < 1.29 is 14.1 Å². The van der Waals surface area contributed by atoms with Gasteiger partial charge in [0.2, 0.25) is 0 Å². The van der Waals surface area contributed by atoms with Crippen LogP contribution in [0.3, 0.4) is 0 Å². The maximum Gasteiger partial charge on any atom is 0.336 e. The molecule has 1 saturated heterocycles. The quantitative estimate of drug-likeness (QED) is 0.861. The number of hydrogen-bond acceptors (Lipinski definition) is 3. The van der Waals surface area contributed by atoms with Crippen molar-refractivity contribution in [2.24, 2.45) is 0 Å². The van der Waals surface area contributed by atoms with E-state index in [4.69, 9.17) is 5.11 Å². The molecule has 6 heteroatoms. The number of carboxylic acids is 1. The molecule has 1 aromatic rings. The first-order valence-electron chi connectivity index (χ1n) is 7.10. The van der Waals surface area contributed by atoms with Gasteiger partial charge in [0.25, 0.3) is 0 Å². The molecule has 0 amide bonds. The highest BCUT2D eigenvalue weighted by molar-refractivity contribution is 9.10. The lowest BCUT2D eigenvalue weighted by Crippen LogP contribution is -2.37. The average Bonchev–Trinajstić information content (AvgIpc) is 2.46. The van der Waals surface area contributed by atoms with Crippen LogP contribution in [0.5, 0.6) is 0 Å². The number of likely N-dealkylation sites (tertiary alicyclic amines) is 1. The fraction of sp³-hybridized carbons (Fsp3) is 0.533. The highest BCUT2D eigenvalue weighted by atomic mass is 79.9. The van der Waals surface area contributed by atoms with Crippen molar-refractivity contribution >= 4 is 32.7 Å². The zero-order valence-corrected chi connectivity index (χ0v) is 14.5. The number of hydrogen-bond donors (Lipinski definition) is 1. The molecule has 116 valence electrons. The molecule has 1 aliphatic rings. The molecule has 2 atom stereocenters. The molecule has 2 unspecified atom stereocenters. The second-order valence-electron chi connectivity index (χ2n) is 5.42. The van der Waals surface area contributed by atoms with Gasteiger partial charge >= 0.3 is 5.97 Å². The Morgan fingerprint density at radius 2 is 2.24 bits per heavy atom. The summed E-state index contributed by atoms with van der Waals surface area (Å²) in [6.45, 7) is 1.11. The van der Waals surface area contributed by atoms with Crippen molar-refractivity contribution in [3.8, 4) is 0 Å². The molecule has 1 N–H and O–H groups in total. The van der Waals surface area contributed by atoms with Gasteiger partial charge in [-0.15, -0.1) is 0 Å². The lowest BCUT2D eigenvalue weighted by molar-refractivity contribution is 0.0695. The van der Waals surface area contributed by atoms with Crippen molar-refractivity contribution in [1.82, 2.24) is 4.90 Å². The van der Waals surface area contributed by atoms with Crippen molar-refractivity contribution in [1.29, 1.82) is 0 Å². The number of carboxylic acid groups (broad SMARTS) is 1. The molecule has 0 bridgehead atoms. The van der Waals surface area contributed by atoms with Crippen LogP contribution >= 0.6 is 15.9 Å². The van der Waals surface area contributed by atoms with E-state index in [1.165, 1.54) is 18.9 Å². The minimum absolute atomic E-state index is 0.163. The summed E-state index contributed by atoms with van der Waals surface area (Å²) in [5, 5.41) is 9.10. The first-order chi connectivity index (χ1) is 9.99. The van der Waals surface area contributed by atoms with E-state index in [1.54, 1.807) is 12.1 Å². The highest BCUT2D eigenvalue weighted by Gasteiger charge is 2.20. The van der Waals surface area contributed by atoms with Crippen LogP contribution in [0.1, 0.15) is 36.0 Å². The van der Waals surface area contributed by atoms with Crippen molar-refractivity contribution in [2.45, 2.75) is 36.6 Å². The van der Waals surface area contributed by atoms with Gasteiger partial charge in [0.15, 0.2) is 0 Å². The SMILES string of the molecule is CN1CCCCC1CCS(=O)c1ccc(Br)c(C(=O)O)c1. The summed E-state index contributed by atoms with van der Waals surface area (Å²) in [6.07, 6.45) is 4.53. The number of piperidine rings is 1. The van der Waals surface area contributed by atoms with Gasteiger partial charge in [-0.2, -0.15) is 0 Å². The van der Waals surface area contributed by atoms with Crippen LogP contribution < -0.4 is 0 Å². The van der Waals surface area contributed by atoms with E-state index in [2.05, 4.69) is 27.9 Å². The van der Waals surface area contributed by atoms with Crippen LogP contribution in [-0.2, 0) is 10.8 Å². The molecular weight excluding hydrogens is 354 g/mol. The van der Waals surface area contributed by atoms with Crippen molar-refractivity contribution in [2.75, 3.05) is 19.3 Å². The van der Waals surface area contributed by atoms with Crippen LogP contribution in [0.2, 0.25) is 0 Å². The lowest BCUT2D eigenvalue weighted by Gasteiger charge is -2.32. The Morgan fingerprint density at radius 1 is 1.48 bits per heavy atom. The maximum atomic E-state index is 12.4. The largest absolute Gasteiger partial charge is 0.478 e. The summed E-state index contributed by atoms with van der Waals surface area (Å²) in [5.74, 6) is -0.428. The Labute approximate surface area is 136 Å². The van der Waals surface area contributed by atoms with E-state index in [1.807, 2.05) is 0 Å². The summed E-state index contributed by atoms with van der Waals surface area (Å²) in [4.78, 5) is 14.0. The second-order valence-corrected chi connectivity index (χ2v) is 7.84. The Bertz CT molecular complexity index is 550. The number of rotatable bonds is 5. The van der Waals surface area contributed by atoms with Gasteiger partial charge in [-0.1, -0.05) is 6.42 Å². The Morgan fingerprint density at radius 3 is 2.90 bits per heavy atom. The monoisotopic (exact) mass is 373 g/mol. The number of halogens is 1. The van der Waals surface area contributed by atoms with Crippen LogP contribution in [0.4, 0.5) is 0 Å². The molecule has 0 aromatic heterocycles. The maximum absolute atomic E-state index is 12.4. The van der Waals surface area contributed by atoms with Gasteiger partial charge in [-0.3, -0.25) is 4.21 Å². The molecule has 0 aliphatic carbocycles. The molecule has 1 aliphatic heterocycles. The zero-order chi connectivity index (χ0) is 15.4. The van der Waals surface area contributed by atoms with Gasteiger partial charge < -0.3 is 10.0 Å². The van der Waals surface area contributed by atoms with Gasteiger partial charge in [0.05, 0.1) is 16.4 Å². The first-order valence-corrected chi connectivity index (χ1v) is 9.21. The minimum atomic E-state index is -1.15.